The standard InChI is InChI=1S/C47H79O13P/c1-3-5-7-9-11-13-15-17-18-19-20-21-22-24-25-27-29-31-33-35-40(48)57-37-39(38-58-61(55,56)60-47-45(53)43(51)42(50)44(52)46(47)54)59-41(49)36-34-32-30-28-26-23-16-14-12-10-8-6-4-2/h6,8,10,12,14,16,19-20,23,26,28,30,39,42-47,50-54H,3-5,7,9,11,13,15,17-18,21-22,24-25,27,29,31-38H2,1-2H3,(H,55,56)/b8-6+,12-10+,16-14+,20-19+,26-23+,30-28+/t39?,42?,43-,44?,45?,46?,47?/m0/s1. The SMILES string of the molecule is CC/C=C/C=C/C=C/C=C/C=C/CCCC(=O)OC(COC(=O)CCCCCCCCC/C=C/CCCCCCCCCC)COP(=O)(O)OC1C(O)C(O)C(O)[C@H](O)C1O. The molecule has 1 aliphatic rings. The fourth-order valence-electron chi connectivity index (χ4n) is 6.49. The number of aliphatic hydroxyl groups is 5. The van der Waals surface area contributed by atoms with Crippen LogP contribution in [0.5, 0.6) is 0 Å². The number of carbonyl (C=O) groups is 2. The van der Waals surface area contributed by atoms with Gasteiger partial charge in [-0.3, -0.25) is 18.6 Å². The largest absolute Gasteiger partial charge is 0.472 e. The number of rotatable bonds is 36. The molecule has 0 spiro atoms. The molecule has 1 saturated carbocycles. The molecule has 1 aliphatic carbocycles. The molecular formula is C47H79O13P. The quantitative estimate of drug-likeness (QED) is 0.0115. The minimum Gasteiger partial charge on any atom is -0.462 e. The number of esters is 2. The second-order valence-corrected chi connectivity index (χ2v) is 17.0. The molecule has 0 bridgehead atoms. The summed E-state index contributed by atoms with van der Waals surface area (Å²) in [7, 11) is -5.14. The highest BCUT2D eigenvalue weighted by Crippen LogP contribution is 2.47. The number of ether oxygens (including phenoxy) is 2. The fourth-order valence-corrected chi connectivity index (χ4v) is 7.46. The number of hydrogen-bond acceptors (Lipinski definition) is 12. The van der Waals surface area contributed by atoms with E-state index in [2.05, 4.69) is 32.1 Å². The molecule has 13 nitrogen and oxygen atoms in total. The Morgan fingerprint density at radius 2 is 0.967 bits per heavy atom. The molecule has 7 unspecified atom stereocenters. The summed E-state index contributed by atoms with van der Waals surface area (Å²) in [6, 6.07) is 0. The average molecular weight is 883 g/mol. The van der Waals surface area contributed by atoms with Gasteiger partial charge in [0.05, 0.1) is 6.61 Å². The van der Waals surface area contributed by atoms with Crippen molar-refractivity contribution in [1.29, 1.82) is 0 Å². The molecular weight excluding hydrogens is 803 g/mol. The molecule has 61 heavy (non-hydrogen) atoms. The number of hydrogen-bond donors (Lipinski definition) is 6. The predicted molar refractivity (Wildman–Crippen MR) is 239 cm³/mol. The summed E-state index contributed by atoms with van der Waals surface area (Å²) >= 11 is 0. The van der Waals surface area contributed by atoms with Crippen LogP contribution in [-0.4, -0.2) is 98.3 Å². The second-order valence-electron chi connectivity index (χ2n) is 15.6. The Bertz CT molecular complexity index is 1340. The topological polar surface area (TPSA) is 210 Å². The zero-order valence-corrected chi connectivity index (χ0v) is 37.8. The van der Waals surface area contributed by atoms with E-state index in [0.717, 1.165) is 38.5 Å². The van der Waals surface area contributed by atoms with Gasteiger partial charge in [-0.25, -0.2) is 4.57 Å². The molecule has 0 radical (unpaired) electrons. The highest BCUT2D eigenvalue weighted by atomic mass is 31.2. The van der Waals surface area contributed by atoms with Crippen LogP contribution >= 0.6 is 7.82 Å². The highest BCUT2D eigenvalue weighted by molar-refractivity contribution is 7.47. The van der Waals surface area contributed by atoms with Crippen LogP contribution in [0, 0.1) is 0 Å². The van der Waals surface area contributed by atoms with E-state index in [1.54, 1.807) is 0 Å². The van der Waals surface area contributed by atoms with Crippen LogP contribution in [0.3, 0.4) is 0 Å². The second kappa shape index (κ2) is 36.7. The lowest BCUT2D eigenvalue weighted by molar-refractivity contribution is -0.220. The van der Waals surface area contributed by atoms with Crippen molar-refractivity contribution >= 4 is 19.8 Å². The van der Waals surface area contributed by atoms with Crippen LogP contribution in [0.2, 0.25) is 0 Å². The van der Waals surface area contributed by atoms with Crippen LogP contribution < -0.4 is 0 Å². The van der Waals surface area contributed by atoms with Gasteiger partial charge >= 0.3 is 19.8 Å². The van der Waals surface area contributed by atoms with E-state index < -0.39 is 75.7 Å². The van der Waals surface area contributed by atoms with Crippen molar-refractivity contribution in [3.8, 4) is 0 Å². The first-order valence-electron chi connectivity index (χ1n) is 22.8. The lowest BCUT2D eigenvalue weighted by atomic mass is 9.85. The summed E-state index contributed by atoms with van der Waals surface area (Å²) in [6.45, 7) is 3.08. The molecule has 1 rings (SSSR count). The zero-order chi connectivity index (χ0) is 45.0. The number of aliphatic hydroxyl groups excluding tert-OH is 5. The molecule has 0 aliphatic heterocycles. The maximum absolute atomic E-state index is 12.8. The van der Waals surface area contributed by atoms with Crippen LogP contribution in [0.4, 0.5) is 0 Å². The van der Waals surface area contributed by atoms with Gasteiger partial charge in [0.15, 0.2) is 6.10 Å². The number of unbranched alkanes of at least 4 members (excludes halogenated alkanes) is 16. The maximum atomic E-state index is 12.8. The van der Waals surface area contributed by atoms with Crippen LogP contribution in [0.25, 0.3) is 0 Å². The van der Waals surface area contributed by atoms with E-state index in [0.29, 0.717) is 19.3 Å². The van der Waals surface area contributed by atoms with Crippen molar-refractivity contribution in [2.75, 3.05) is 13.2 Å². The Morgan fingerprint density at radius 3 is 1.51 bits per heavy atom. The minimum atomic E-state index is -5.14. The van der Waals surface area contributed by atoms with Gasteiger partial charge in [-0.05, 0) is 51.4 Å². The number of phosphoric acid groups is 1. The van der Waals surface area contributed by atoms with Gasteiger partial charge in [-0.2, -0.15) is 0 Å². The normalized spacial score (nSPS) is 22.7. The molecule has 6 N–H and O–H groups in total. The van der Waals surface area contributed by atoms with Gasteiger partial charge < -0.3 is 39.9 Å². The van der Waals surface area contributed by atoms with Gasteiger partial charge in [0.1, 0.15) is 43.2 Å². The highest BCUT2D eigenvalue weighted by Gasteiger charge is 2.51. The number of phosphoric ester groups is 1. The third-order valence-electron chi connectivity index (χ3n) is 10.2. The molecule has 0 saturated heterocycles. The van der Waals surface area contributed by atoms with Gasteiger partial charge in [0, 0.05) is 12.8 Å². The molecule has 0 amide bonds. The van der Waals surface area contributed by atoms with E-state index in [1.165, 1.54) is 70.6 Å². The predicted octanol–water partition coefficient (Wildman–Crippen LogP) is 8.72. The Balaban J connectivity index is 2.48. The molecule has 0 aromatic heterocycles. The lowest BCUT2D eigenvalue weighted by Crippen LogP contribution is -2.64. The third kappa shape index (κ3) is 29.3. The van der Waals surface area contributed by atoms with Crippen molar-refractivity contribution in [3.05, 3.63) is 72.9 Å². The maximum Gasteiger partial charge on any atom is 0.472 e. The van der Waals surface area contributed by atoms with Crippen molar-refractivity contribution in [1.82, 2.24) is 0 Å². The van der Waals surface area contributed by atoms with E-state index in [4.69, 9.17) is 18.5 Å². The minimum absolute atomic E-state index is 0.00359. The fraction of sp³-hybridized carbons (Fsp3) is 0.702. The van der Waals surface area contributed by atoms with Gasteiger partial charge in [-0.1, -0.05) is 164 Å². The summed E-state index contributed by atoms with van der Waals surface area (Å²) in [4.78, 5) is 35.6. The Labute approximate surface area is 365 Å². The first-order valence-corrected chi connectivity index (χ1v) is 24.3. The molecule has 1 fully saturated rings. The summed E-state index contributed by atoms with van der Waals surface area (Å²) in [6.07, 6.45) is 32.6. The van der Waals surface area contributed by atoms with Crippen molar-refractivity contribution in [3.63, 3.8) is 0 Å². The van der Waals surface area contributed by atoms with Gasteiger partial charge in [-0.15, -0.1) is 0 Å². The Kier molecular flexibility index (Phi) is 33.9. The average Bonchev–Trinajstić information content (AvgIpc) is 3.24. The zero-order valence-electron chi connectivity index (χ0n) is 36.9. The van der Waals surface area contributed by atoms with Crippen LogP contribution in [-0.2, 0) is 32.7 Å². The Morgan fingerprint density at radius 1 is 0.525 bits per heavy atom. The molecule has 8 atom stereocenters. The van der Waals surface area contributed by atoms with E-state index in [9.17, 15) is 44.6 Å². The summed E-state index contributed by atoms with van der Waals surface area (Å²) in [5, 5.41) is 50.1. The number of carbonyl (C=O) groups excluding carboxylic acids is 2. The van der Waals surface area contributed by atoms with Crippen LogP contribution in [0.1, 0.15) is 155 Å². The molecule has 0 heterocycles. The van der Waals surface area contributed by atoms with E-state index in [-0.39, 0.29) is 12.8 Å². The monoisotopic (exact) mass is 883 g/mol. The molecule has 0 aromatic rings. The third-order valence-corrected chi connectivity index (χ3v) is 11.1. The van der Waals surface area contributed by atoms with Gasteiger partial charge in [0.2, 0.25) is 0 Å². The summed E-state index contributed by atoms with van der Waals surface area (Å²) < 4.78 is 33.4. The first-order chi connectivity index (χ1) is 29.4. The summed E-state index contributed by atoms with van der Waals surface area (Å²) in [5.74, 6) is -1.20. The molecule has 0 aromatic carbocycles. The molecule has 350 valence electrons. The summed E-state index contributed by atoms with van der Waals surface area (Å²) in [5.41, 5.74) is 0. The first kappa shape index (κ1) is 56.3. The lowest BCUT2D eigenvalue weighted by Gasteiger charge is -2.41. The van der Waals surface area contributed by atoms with Crippen LogP contribution in [0.15, 0.2) is 72.9 Å². The molecule has 14 heteroatoms. The van der Waals surface area contributed by atoms with Crippen molar-refractivity contribution in [2.24, 2.45) is 0 Å². The smallest absolute Gasteiger partial charge is 0.462 e. The Hall–Kier alpha value is -2.71. The van der Waals surface area contributed by atoms with E-state index >= 15 is 0 Å². The van der Waals surface area contributed by atoms with Gasteiger partial charge in [0.25, 0.3) is 0 Å². The van der Waals surface area contributed by atoms with Crippen molar-refractivity contribution < 1.29 is 63.1 Å². The van der Waals surface area contributed by atoms with E-state index in [1.807, 2.05) is 54.7 Å². The van der Waals surface area contributed by atoms with Crippen molar-refractivity contribution in [2.45, 2.75) is 198 Å². The number of allylic oxidation sites excluding steroid dienone is 12.